The van der Waals surface area contributed by atoms with Crippen molar-refractivity contribution in [3.63, 3.8) is 0 Å². The van der Waals surface area contributed by atoms with E-state index < -0.39 is 0 Å². The average Bonchev–Trinajstić information content (AvgIpc) is 2.70. The minimum atomic E-state index is -0.215. The first kappa shape index (κ1) is 9.43. The summed E-state index contributed by atoms with van der Waals surface area (Å²) in [7, 11) is 1.60. The van der Waals surface area contributed by atoms with Gasteiger partial charge in [0.2, 0.25) is 0 Å². The topological polar surface area (TPSA) is 33.3 Å². The van der Waals surface area contributed by atoms with Gasteiger partial charge in [-0.1, -0.05) is 0 Å². The number of nitrogens with one attached hydrogen (secondary N) is 2. The molecule has 0 atom stereocenters. The summed E-state index contributed by atoms with van der Waals surface area (Å²) in [5.41, 5.74) is 6.95. The van der Waals surface area contributed by atoms with E-state index >= 15 is 0 Å². The van der Waals surface area contributed by atoms with E-state index in [0.717, 1.165) is 24.4 Å². The van der Waals surface area contributed by atoms with Crippen molar-refractivity contribution >= 4 is 0 Å². The van der Waals surface area contributed by atoms with Crippen LogP contribution in [-0.4, -0.2) is 20.2 Å². The van der Waals surface area contributed by atoms with Gasteiger partial charge < -0.3 is 4.74 Å². The van der Waals surface area contributed by atoms with Crippen LogP contribution in [0.1, 0.15) is 11.5 Å². The van der Waals surface area contributed by atoms with Crippen LogP contribution in [0.4, 0.5) is 4.39 Å². The summed E-state index contributed by atoms with van der Waals surface area (Å²) in [6, 6.07) is 4.62. The third-order valence-electron chi connectivity index (χ3n) is 2.45. The Hall–Kier alpha value is -1.13. The smallest absolute Gasteiger partial charge is 0.123 e. The summed E-state index contributed by atoms with van der Waals surface area (Å²) in [5, 5.41) is 0. The molecule has 4 heteroatoms. The Kier molecular flexibility index (Phi) is 2.65. The molecule has 0 bridgehead atoms. The summed E-state index contributed by atoms with van der Waals surface area (Å²) < 4.78 is 18.2. The second-order valence-electron chi connectivity index (χ2n) is 3.34. The fraction of sp³-hybridized carbons (Fsp3) is 0.400. The van der Waals surface area contributed by atoms with E-state index in [9.17, 15) is 4.39 Å². The number of ether oxygens (including phenoxy) is 1. The first-order chi connectivity index (χ1) is 6.81. The van der Waals surface area contributed by atoms with Crippen LogP contribution in [-0.2, 0) is 0 Å². The number of rotatable bonds is 2. The molecule has 2 N–H and O–H groups in total. The zero-order valence-electron chi connectivity index (χ0n) is 8.01. The molecule has 0 spiro atoms. The summed E-state index contributed by atoms with van der Waals surface area (Å²) in [6.45, 7) is 1.61. The summed E-state index contributed by atoms with van der Waals surface area (Å²) in [5.74, 6) is 0.815. The minimum Gasteiger partial charge on any atom is -0.496 e. The van der Waals surface area contributed by atoms with Crippen LogP contribution in [0.25, 0.3) is 0 Å². The normalized spacial score (nSPS) is 17.3. The van der Waals surface area contributed by atoms with Gasteiger partial charge in [-0.3, -0.25) is 10.9 Å². The van der Waals surface area contributed by atoms with Crippen molar-refractivity contribution in [1.29, 1.82) is 0 Å². The molecular weight excluding hydrogens is 183 g/mol. The minimum absolute atomic E-state index is 0.215. The summed E-state index contributed by atoms with van der Waals surface area (Å²) >= 11 is 0. The number of benzene rings is 1. The predicted octanol–water partition coefficient (Wildman–Crippen LogP) is 1.03. The van der Waals surface area contributed by atoms with Crippen molar-refractivity contribution in [3.05, 3.63) is 29.6 Å². The Bertz CT molecular complexity index is 324. The molecule has 1 aliphatic heterocycles. The standard InChI is InChI=1S/C10H13FN2O/c1-14-10-3-2-8(11)4-9(10)7-5-12-13-6-7/h2-4,7,12-13H,5-6H2,1H3. The van der Waals surface area contributed by atoms with Crippen molar-refractivity contribution in [2.75, 3.05) is 20.2 Å². The highest BCUT2D eigenvalue weighted by Gasteiger charge is 2.20. The Balaban J connectivity index is 2.33. The van der Waals surface area contributed by atoms with Gasteiger partial charge in [-0.15, -0.1) is 0 Å². The third-order valence-corrected chi connectivity index (χ3v) is 2.45. The van der Waals surface area contributed by atoms with E-state index in [1.807, 2.05) is 0 Å². The first-order valence-electron chi connectivity index (χ1n) is 4.60. The Morgan fingerprint density at radius 1 is 1.36 bits per heavy atom. The lowest BCUT2D eigenvalue weighted by atomic mass is 9.99. The largest absolute Gasteiger partial charge is 0.496 e. The van der Waals surface area contributed by atoms with Gasteiger partial charge in [0.05, 0.1) is 7.11 Å². The molecule has 2 rings (SSSR count). The lowest BCUT2D eigenvalue weighted by Gasteiger charge is -2.12. The number of hydrogen-bond donors (Lipinski definition) is 2. The number of hydrazine groups is 1. The van der Waals surface area contributed by atoms with Crippen LogP contribution in [0.15, 0.2) is 18.2 Å². The molecule has 0 saturated carbocycles. The quantitative estimate of drug-likeness (QED) is 0.741. The van der Waals surface area contributed by atoms with Crippen molar-refractivity contribution < 1.29 is 9.13 Å². The number of hydrogen-bond acceptors (Lipinski definition) is 3. The molecule has 1 aromatic rings. The second kappa shape index (κ2) is 3.94. The maximum atomic E-state index is 13.0. The highest BCUT2D eigenvalue weighted by atomic mass is 19.1. The van der Waals surface area contributed by atoms with Crippen LogP contribution in [0.3, 0.4) is 0 Å². The van der Waals surface area contributed by atoms with Gasteiger partial charge in [0.1, 0.15) is 11.6 Å². The Morgan fingerprint density at radius 2 is 2.07 bits per heavy atom. The molecule has 1 fully saturated rings. The molecule has 76 valence electrons. The van der Waals surface area contributed by atoms with Crippen LogP contribution in [0.5, 0.6) is 5.75 Å². The van der Waals surface area contributed by atoms with Crippen LogP contribution in [0.2, 0.25) is 0 Å². The highest BCUT2D eigenvalue weighted by Crippen LogP contribution is 2.27. The molecule has 1 heterocycles. The van der Waals surface area contributed by atoms with Crippen LogP contribution >= 0.6 is 0 Å². The monoisotopic (exact) mass is 196 g/mol. The SMILES string of the molecule is COc1ccc(F)cc1C1CNNC1. The molecule has 0 unspecified atom stereocenters. The molecule has 3 nitrogen and oxygen atoms in total. The maximum absolute atomic E-state index is 13.0. The van der Waals surface area contributed by atoms with Crippen molar-refractivity contribution in [2.45, 2.75) is 5.92 Å². The van der Waals surface area contributed by atoms with Crippen molar-refractivity contribution in [2.24, 2.45) is 0 Å². The van der Waals surface area contributed by atoms with Gasteiger partial charge in [0, 0.05) is 24.6 Å². The zero-order chi connectivity index (χ0) is 9.97. The van der Waals surface area contributed by atoms with E-state index in [1.165, 1.54) is 12.1 Å². The van der Waals surface area contributed by atoms with E-state index in [2.05, 4.69) is 10.9 Å². The highest BCUT2D eigenvalue weighted by molar-refractivity contribution is 5.37. The Labute approximate surface area is 82.2 Å². The van der Waals surface area contributed by atoms with Crippen molar-refractivity contribution in [1.82, 2.24) is 10.9 Å². The van der Waals surface area contributed by atoms with Gasteiger partial charge in [-0.05, 0) is 18.2 Å². The second-order valence-corrected chi connectivity index (χ2v) is 3.34. The first-order valence-corrected chi connectivity index (χ1v) is 4.60. The fourth-order valence-electron chi connectivity index (χ4n) is 1.71. The molecular formula is C10H13FN2O. The summed E-state index contributed by atoms with van der Waals surface area (Å²) in [6.07, 6.45) is 0. The molecule has 1 aromatic carbocycles. The molecule has 1 aliphatic rings. The van der Waals surface area contributed by atoms with Gasteiger partial charge in [0.25, 0.3) is 0 Å². The number of halogens is 1. The average molecular weight is 196 g/mol. The van der Waals surface area contributed by atoms with Gasteiger partial charge in [0.15, 0.2) is 0 Å². The van der Waals surface area contributed by atoms with Gasteiger partial charge in [-0.25, -0.2) is 4.39 Å². The van der Waals surface area contributed by atoms with Gasteiger partial charge in [-0.2, -0.15) is 0 Å². The van der Waals surface area contributed by atoms with E-state index in [-0.39, 0.29) is 11.7 Å². The molecule has 0 amide bonds. The fourth-order valence-corrected chi connectivity index (χ4v) is 1.71. The third kappa shape index (κ3) is 1.71. The molecule has 0 aromatic heterocycles. The molecule has 0 radical (unpaired) electrons. The van der Waals surface area contributed by atoms with Gasteiger partial charge >= 0.3 is 0 Å². The maximum Gasteiger partial charge on any atom is 0.123 e. The number of methoxy groups -OCH3 is 1. The van der Waals surface area contributed by atoms with Crippen LogP contribution in [0, 0.1) is 5.82 Å². The summed E-state index contributed by atoms with van der Waals surface area (Å²) in [4.78, 5) is 0. The van der Waals surface area contributed by atoms with E-state index in [1.54, 1.807) is 13.2 Å². The van der Waals surface area contributed by atoms with Crippen LogP contribution < -0.4 is 15.6 Å². The lowest BCUT2D eigenvalue weighted by Crippen LogP contribution is -2.21. The lowest BCUT2D eigenvalue weighted by molar-refractivity contribution is 0.405. The molecule has 1 saturated heterocycles. The molecule has 14 heavy (non-hydrogen) atoms. The van der Waals surface area contributed by atoms with Crippen molar-refractivity contribution in [3.8, 4) is 5.75 Å². The molecule has 0 aliphatic carbocycles. The zero-order valence-corrected chi connectivity index (χ0v) is 8.01. The predicted molar refractivity (Wildman–Crippen MR) is 51.7 cm³/mol. The van der Waals surface area contributed by atoms with E-state index in [0.29, 0.717) is 0 Å². The Morgan fingerprint density at radius 3 is 2.71 bits per heavy atom. The van der Waals surface area contributed by atoms with E-state index in [4.69, 9.17) is 4.74 Å².